The van der Waals surface area contributed by atoms with Crippen LogP contribution in [-0.4, -0.2) is 34.6 Å². The van der Waals surface area contributed by atoms with Crippen molar-refractivity contribution in [2.75, 3.05) is 7.11 Å². The van der Waals surface area contributed by atoms with Crippen LogP contribution in [0, 0.1) is 57.7 Å². The van der Waals surface area contributed by atoms with E-state index in [1.165, 1.54) is 36.8 Å². The number of phenolic OH excluding ortho intramolecular Hbond substituents is 1. The molecule has 12 unspecified atom stereocenters. The first-order valence-electron chi connectivity index (χ1n) is 16.5. The molecule has 5 fully saturated rings. The topological polar surface area (TPSA) is 58.9 Å². The molecule has 1 spiro atoms. The smallest absolute Gasteiger partial charge is 0.165 e. The van der Waals surface area contributed by atoms with Gasteiger partial charge in [0.25, 0.3) is 0 Å². The summed E-state index contributed by atoms with van der Waals surface area (Å²) < 4.78 is 14.1. The van der Waals surface area contributed by atoms with Gasteiger partial charge in [0.05, 0.1) is 5.60 Å². The maximum Gasteiger partial charge on any atom is 0.165 e. The molecule has 6 bridgehead atoms. The van der Waals surface area contributed by atoms with Gasteiger partial charge in [-0.3, -0.25) is 0 Å². The van der Waals surface area contributed by atoms with Crippen molar-refractivity contribution in [3.05, 3.63) is 23.3 Å². The highest BCUT2D eigenvalue weighted by atomic mass is 16.6. The lowest BCUT2D eigenvalue weighted by Crippen LogP contribution is -2.70. The summed E-state index contributed by atoms with van der Waals surface area (Å²) in [5.74, 6) is 4.48. The van der Waals surface area contributed by atoms with Crippen molar-refractivity contribution in [1.29, 1.82) is 0 Å². The third-order valence-electron chi connectivity index (χ3n) is 15.8. The number of benzene rings is 1. The average Bonchev–Trinajstić information content (AvgIpc) is 3.60. The lowest BCUT2D eigenvalue weighted by atomic mass is 9.45. The SMILES string of the molecule is COC12CC3C(CC4(C)C56CCC(CC7CC7)C(Cc7ccc(O)c(c75)OC16)C34C)C(C(C)(O)C(C)(C)C)C2C. The zero-order chi connectivity index (χ0) is 28.4. The van der Waals surface area contributed by atoms with Crippen LogP contribution in [-0.2, 0) is 16.6 Å². The number of phenols is 1. The van der Waals surface area contributed by atoms with Gasteiger partial charge in [-0.15, -0.1) is 0 Å². The minimum Gasteiger partial charge on any atom is -0.504 e. The van der Waals surface area contributed by atoms with Crippen molar-refractivity contribution in [2.24, 2.45) is 57.7 Å². The molecule has 4 heteroatoms. The van der Waals surface area contributed by atoms with Gasteiger partial charge in [0, 0.05) is 18.1 Å². The van der Waals surface area contributed by atoms with E-state index in [1.54, 1.807) is 0 Å². The monoisotopic (exact) mass is 548 g/mol. The Labute approximate surface area is 241 Å². The molecule has 0 saturated heterocycles. The highest BCUT2D eigenvalue weighted by molar-refractivity contribution is 5.62. The average molecular weight is 549 g/mol. The van der Waals surface area contributed by atoms with Crippen molar-refractivity contribution >= 4 is 0 Å². The molecule has 0 aromatic heterocycles. The molecule has 2 N–H and O–H groups in total. The second-order valence-electron chi connectivity index (χ2n) is 17.4. The zero-order valence-electron chi connectivity index (χ0n) is 26.1. The van der Waals surface area contributed by atoms with Crippen LogP contribution >= 0.6 is 0 Å². The minimum absolute atomic E-state index is 0.000104. The summed E-state index contributed by atoms with van der Waals surface area (Å²) in [6.45, 7) is 16.5. The molecule has 8 rings (SSSR count). The Hall–Kier alpha value is -1.26. The maximum absolute atomic E-state index is 12.6. The second-order valence-corrected chi connectivity index (χ2v) is 17.4. The van der Waals surface area contributed by atoms with Crippen molar-refractivity contribution in [3.8, 4) is 11.5 Å². The van der Waals surface area contributed by atoms with E-state index in [-0.39, 0.29) is 39.6 Å². The van der Waals surface area contributed by atoms with Gasteiger partial charge in [-0.1, -0.05) is 60.5 Å². The van der Waals surface area contributed by atoms with E-state index in [2.05, 4.69) is 54.5 Å². The number of aromatic hydroxyl groups is 1. The molecular formula is C36H52O4. The van der Waals surface area contributed by atoms with Gasteiger partial charge in [0.1, 0.15) is 11.7 Å². The molecule has 0 radical (unpaired) electrons. The molecule has 40 heavy (non-hydrogen) atoms. The van der Waals surface area contributed by atoms with E-state index in [0.717, 1.165) is 43.3 Å². The molecule has 0 amide bonds. The number of fused-ring (bicyclic) bond motifs is 2. The Kier molecular flexibility index (Phi) is 4.91. The number of rotatable bonds is 4. The van der Waals surface area contributed by atoms with Crippen molar-refractivity contribution in [3.63, 3.8) is 0 Å². The van der Waals surface area contributed by atoms with Gasteiger partial charge in [0.15, 0.2) is 11.5 Å². The number of ether oxygens (including phenoxy) is 2. The molecule has 1 aromatic rings. The number of methoxy groups -OCH3 is 1. The number of hydrogen-bond donors (Lipinski definition) is 2. The third kappa shape index (κ3) is 2.58. The lowest BCUT2D eigenvalue weighted by molar-refractivity contribution is -0.244. The van der Waals surface area contributed by atoms with Crippen LogP contribution < -0.4 is 4.74 Å². The van der Waals surface area contributed by atoms with Crippen LogP contribution in [0.25, 0.3) is 0 Å². The molecule has 4 nitrogen and oxygen atoms in total. The van der Waals surface area contributed by atoms with Crippen molar-refractivity contribution in [1.82, 2.24) is 0 Å². The van der Waals surface area contributed by atoms with Gasteiger partial charge >= 0.3 is 0 Å². The number of aliphatic hydroxyl groups is 1. The summed E-state index contributed by atoms with van der Waals surface area (Å²) in [5, 5.41) is 23.9. The molecule has 1 aromatic carbocycles. The first-order chi connectivity index (χ1) is 18.7. The van der Waals surface area contributed by atoms with Gasteiger partial charge in [-0.05, 0) is 115 Å². The molecule has 12 atom stereocenters. The van der Waals surface area contributed by atoms with Crippen LogP contribution in [0.4, 0.5) is 0 Å². The third-order valence-corrected chi connectivity index (χ3v) is 15.8. The first kappa shape index (κ1) is 26.4. The normalized spacial score (nSPS) is 51.2. The quantitative estimate of drug-likeness (QED) is 0.415. The Balaban J connectivity index is 1.46. The molecule has 5 saturated carbocycles. The standard InChI is InChI=1S/C36H52O4/c1-19-27(34(7,38)31(2,3)4)23-17-32(5)33(6)24-16-22-11-12-26(37)29-28(22)35(32,14-13-21(24)15-20-9-10-20)30(40-29)36(19,39-8)18-25(23)33/h11-12,19-21,23-25,27,30,37-38H,9-10,13-18H2,1-8H3. The molecule has 1 aliphatic heterocycles. The van der Waals surface area contributed by atoms with Crippen LogP contribution in [0.1, 0.15) is 105 Å². The van der Waals surface area contributed by atoms with E-state index < -0.39 is 11.2 Å². The van der Waals surface area contributed by atoms with Gasteiger partial charge in [0.2, 0.25) is 0 Å². The van der Waals surface area contributed by atoms with Crippen LogP contribution in [0.15, 0.2) is 12.1 Å². The summed E-state index contributed by atoms with van der Waals surface area (Å²) in [4.78, 5) is 0. The van der Waals surface area contributed by atoms with E-state index in [1.807, 2.05) is 13.2 Å². The summed E-state index contributed by atoms with van der Waals surface area (Å²) in [5.41, 5.74) is 1.07. The highest BCUT2D eigenvalue weighted by Gasteiger charge is 2.84. The Morgan fingerprint density at radius 2 is 1.77 bits per heavy atom. The summed E-state index contributed by atoms with van der Waals surface area (Å²) in [6, 6.07) is 4.16. The van der Waals surface area contributed by atoms with Gasteiger partial charge < -0.3 is 19.7 Å². The molecule has 1 heterocycles. The summed E-state index contributed by atoms with van der Waals surface area (Å²) >= 11 is 0. The van der Waals surface area contributed by atoms with Crippen LogP contribution in [0.2, 0.25) is 0 Å². The summed E-state index contributed by atoms with van der Waals surface area (Å²) in [7, 11) is 1.92. The Bertz CT molecular complexity index is 1270. The van der Waals surface area contributed by atoms with E-state index >= 15 is 0 Å². The molecular weight excluding hydrogens is 496 g/mol. The minimum atomic E-state index is -0.846. The lowest BCUT2D eigenvalue weighted by Gasteiger charge is -2.62. The highest BCUT2D eigenvalue weighted by Crippen LogP contribution is 2.84. The maximum atomic E-state index is 12.6. The molecule has 6 aliphatic carbocycles. The Morgan fingerprint density at radius 3 is 2.42 bits per heavy atom. The fraction of sp³-hybridized carbons (Fsp3) is 0.833. The molecule has 7 aliphatic rings. The van der Waals surface area contributed by atoms with E-state index in [9.17, 15) is 10.2 Å². The molecule has 220 valence electrons. The Morgan fingerprint density at radius 1 is 1.05 bits per heavy atom. The predicted octanol–water partition coefficient (Wildman–Crippen LogP) is 7.27. The largest absolute Gasteiger partial charge is 0.504 e. The summed E-state index contributed by atoms with van der Waals surface area (Å²) in [6.07, 6.45) is 9.67. The first-order valence-corrected chi connectivity index (χ1v) is 16.5. The predicted molar refractivity (Wildman–Crippen MR) is 156 cm³/mol. The van der Waals surface area contributed by atoms with Gasteiger partial charge in [-0.25, -0.2) is 0 Å². The van der Waals surface area contributed by atoms with E-state index in [4.69, 9.17) is 9.47 Å². The van der Waals surface area contributed by atoms with Gasteiger partial charge in [-0.2, -0.15) is 0 Å². The zero-order valence-corrected chi connectivity index (χ0v) is 26.1. The van der Waals surface area contributed by atoms with Crippen molar-refractivity contribution < 1.29 is 19.7 Å². The number of hydrogen-bond acceptors (Lipinski definition) is 4. The van der Waals surface area contributed by atoms with Crippen LogP contribution in [0.5, 0.6) is 11.5 Å². The fourth-order valence-electron chi connectivity index (χ4n) is 13.2. The van der Waals surface area contributed by atoms with Crippen molar-refractivity contribution in [2.45, 2.75) is 123 Å². The van der Waals surface area contributed by atoms with E-state index in [0.29, 0.717) is 23.5 Å². The van der Waals surface area contributed by atoms with Crippen LogP contribution in [0.3, 0.4) is 0 Å². The fourth-order valence-corrected chi connectivity index (χ4v) is 13.2. The second kappa shape index (κ2) is 7.44.